The van der Waals surface area contributed by atoms with Crippen LogP contribution in [0, 0.1) is 0 Å². The van der Waals surface area contributed by atoms with E-state index in [4.69, 9.17) is 16.0 Å². The maximum Gasteiger partial charge on any atom is 0.219 e. The summed E-state index contributed by atoms with van der Waals surface area (Å²) in [5.74, 6) is 0. The maximum atomic E-state index is 12.3. The van der Waals surface area contributed by atoms with Crippen LogP contribution in [-0.2, 0) is 9.84 Å². The molecule has 2 heterocycles. The highest BCUT2D eigenvalue weighted by Crippen LogP contribution is 2.34. The minimum atomic E-state index is -3.49. The van der Waals surface area contributed by atoms with Gasteiger partial charge in [0, 0.05) is 9.72 Å². The van der Waals surface area contributed by atoms with Gasteiger partial charge in [-0.25, -0.2) is 8.42 Å². The Bertz CT molecular complexity index is 801. The van der Waals surface area contributed by atoms with Crippen molar-refractivity contribution in [3.05, 3.63) is 47.9 Å². The number of furan rings is 1. The molecular formula is C12H7ClO3S2. The molecule has 0 fully saturated rings. The van der Waals surface area contributed by atoms with E-state index in [9.17, 15) is 8.42 Å². The number of sulfone groups is 1. The van der Waals surface area contributed by atoms with Gasteiger partial charge in [-0.1, -0.05) is 17.7 Å². The normalized spacial score (nSPS) is 12.1. The molecule has 0 amide bonds. The molecule has 0 aliphatic rings. The minimum absolute atomic E-state index is 0.167. The van der Waals surface area contributed by atoms with Crippen molar-refractivity contribution in [3.8, 4) is 0 Å². The van der Waals surface area contributed by atoms with Crippen LogP contribution in [0.15, 0.2) is 56.4 Å². The highest BCUT2D eigenvalue weighted by Gasteiger charge is 2.21. The lowest BCUT2D eigenvalue weighted by Gasteiger charge is -1.95. The molecule has 0 N–H and O–H groups in total. The fraction of sp³-hybridized carbons (Fsp3) is 0. The van der Waals surface area contributed by atoms with Crippen molar-refractivity contribution in [1.29, 1.82) is 0 Å². The predicted octanol–water partition coefficient (Wildman–Crippen LogP) is 3.98. The molecule has 92 valence electrons. The van der Waals surface area contributed by atoms with Crippen LogP contribution in [0.3, 0.4) is 0 Å². The molecule has 6 heteroatoms. The number of benzene rings is 1. The molecule has 0 saturated heterocycles. The summed E-state index contributed by atoms with van der Waals surface area (Å²) in [7, 11) is -3.49. The molecule has 0 saturated carbocycles. The van der Waals surface area contributed by atoms with Gasteiger partial charge >= 0.3 is 0 Å². The lowest BCUT2D eigenvalue weighted by molar-refractivity contribution is 0.556. The Morgan fingerprint density at radius 2 is 2.00 bits per heavy atom. The fourth-order valence-electron chi connectivity index (χ4n) is 1.63. The Morgan fingerprint density at radius 1 is 1.17 bits per heavy atom. The predicted molar refractivity (Wildman–Crippen MR) is 71.0 cm³/mol. The van der Waals surface area contributed by atoms with Crippen molar-refractivity contribution in [2.45, 2.75) is 9.10 Å². The molecule has 0 spiro atoms. The van der Waals surface area contributed by atoms with E-state index in [1.54, 1.807) is 18.2 Å². The summed E-state index contributed by atoms with van der Waals surface area (Å²) in [6.07, 6.45) is 2.57. The van der Waals surface area contributed by atoms with Gasteiger partial charge < -0.3 is 4.42 Å². The third kappa shape index (κ3) is 1.84. The maximum absolute atomic E-state index is 12.3. The SMILES string of the molecule is O=S(=O)(c1ccoc1)c1cc2ccc(Cl)cc2s1. The number of halogens is 1. The Labute approximate surface area is 113 Å². The highest BCUT2D eigenvalue weighted by atomic mass is 35.5. The first-order chi connectivity index (χ1) is 8.57. The van der Waals surface area contributed by atoms with Gasteiger partial charge in [-0.2, -0.15) is 0 Å². The quantitative estimate of drug-likeness (QED) is 0.719. The van der Waals surface area contributed by atoms with Crippen molar-refractivity contribution >= 4 is 42.9 Å². The van der Waals surface area contributed by atoms with E-state index in [1.807, 2.05) is 6.07 Å². The summed E-state index contributed by atoms with van der Waals surface area (Å²) < 4.78 is 30.5. The first-order valence-corrected chi connectivity index (χ1v) is 7.71. The molecule has 0 aliphatic heterocycles. The molecule has 0 unspecified atom stereocenters. The largest absolute Gasteiger partial charge is 0.471 e. The second-order valence-corrected chi connectivity index (χ2v) is 7.41. The number of thiophene rings is 1. The van der Waals surface area contributed by atoms with E-state index >= 15 is 0 Å². The lowest BCUT2D eigenvalue weighted by Crippen LogP contribution is -1.96. The van der Waals surface area contributed by atoms with Gasteiger partial charge in [0.05, 0.1) is 6.26 Å². The van der Waals surface area contributed by atoms with Crippen LogP contribution < -0.4 is 0 Å². The monoisotopic (exact) mass is 298 g/mol. The summed E-state index contributed by atoms with van der Waals surface area (Å²) in [4.78, 5) is 0.167. The summed E-state index contributed by atoms with van der Waals surface area (Å²) in [5, 5.41) is 1.46. The van der Waals surface area contributed by atoms with Crippen LogP contribution in [0.4, 0.5) is 0 Å². The van der Waals surface area contributed by atoms with Gasteiger partial charge in [0.1, 0.15) is 15.4 Å². The number of rotatable bonds is 2. The average molecular weight is 299 g/mol. The Balaban J connectivity index is 2.21. The smallest absolute Gasteiger partial charge is 0.219 e. The molecule has 1 aromatic carbocycles. The molecule has 3 nitrogen and oxygen atoms in total. The van der Waals surface area contributed by atoms with E-state index in [-0.39, 0.29) is 4.90 Å². The molecular weight excluding hydrogens is 292 g/mol. The summed E-state index contributed by atoms with van der Waals surface area (Å²) >= 11 is 7.09. The topological polar surface area (TPSA) is 47.3 Å². The third-order valence-electron chi connectivity index (χ3n) is 2.53. The fourth-order valence-corrected chi connectivity index (χ4v) is 4.63. The van der Waals surface area contributed by atoms with E-state index < -0.39 is 9.84 Å². The second kappa shape index (κ2) is 4.12. The van der Waals surface area contributed by atoms with Gasteiger partial charge in [-0.05, 0) is 29.7 Å². The first kappa shape index (κ1) is 11.8. The van der Waals surface area contributed by atoms with E-state index in [0.29, 0.717) is 9.23 Å². The molecule has 2 aromatic heterocycles. The van der Waals surface area contributed by atoms with Gasteiger partial charge in [0.2, 0.25) is 9.84 Å². The van der Waals surface area contributed by atoms with Crippen molar-refractivity contribution in [2.24, 2.45) is 0 Å². The highest BCUT2D eigenvalue weighted by molar-refractivity contribution is 7.93. The molecule has 18 heavy (non-hydrogen) atoms. The number of fused-ring (bicyclic) bond motifs is 1. The molecule has 3 aromatic rings. The summed E-state index contributed by atoms with van der Waals surface area (Å²) in [6.45, 7) is 0. The van der Waals surface area contributed by atoms with Crippen LogP contribution >= 0.6 is 22.9 Å². The van der Waals surface area contributed by atoms with E-state index in [2.05, 4.69) is 0 Å². The van der Waals surface area contributed by atoms with Gasteiger partial charge in [0.25, 0.3) is 0 Å². The summed E-state index contributed by atoms with van der Waals surface area (Å²) in [5.41, 5.74) is 0. The molecule has 0 aliphatic carbocycles. The first-order valence-electron chi connectivity index (χ1n) is 5.04. The van der Waals surface area contributed by atoms with Crippen molar-refractivity contribution in [3.63, 3.8) is 0 Å². The molecule has 0 radical (unpaired) electrons. The molecule has 0 atom stereocenters. The zero-order valence-corrected chi connectivity index (χ0v) is 11.3. The van der Waals surface area contributed by atoms with Crippen LogP contribution in [0.1, 0.15) is 0 Å². The molecule has 0 bridgehead atoms. The lowest BCUT2D eigenvalue weighted by atomic mass is 10.3. The Morgan fingerprint density at radius 3 is 2.72 bits per heavy atom. The number of hydrogen-bond acceptors (Lipinski definition) is 4. The Hall–Kier alpha value is -1.30. The van der Waals surface area contributed by atoms with Crippen molar-refractivity contribution < 1.29 is 12.8 Å². The zero-order chi connectivity index (χ0) is 12.8. The van der Waals surface area contributed by atoms with Gasteiger partial charge in [-0.15, -0.1) is 11.3 Å². The van der Waals surface area contributed by atoms with Crippen molar-refractivity contribution in [2.75, 3.05) is 0 Å². The number of hydrogen-bond donors (Lipinski definition) is 0. The van der Waals surface area contributed by atoms with Gasteiger partial charge in [0.15, 0.2) is 0 Å². The van der Waals surface area contributed by atoms with E-state index in [0.717, 1.165) is 10.1 Å². The van der Waals surface area contributed by atoms with E-state index in [1.165, 1.54) is 29.9 Å². The Kier molecular flexibility index (Phi) is 2.69. The van der Waals surface area contributed by atoms with Crippen LogP contribution in [0.25, 0.3) is 10.1 Å². The van der Waals surface area contributed by atoms with Crippen molar-refractivity contribution in [1.82, 2.24) is 0 Å². The molecule has 3 rings (SSSR count). The zero-order valence-electron chi connectivity index (χ0n) is 8.96. The average Bonchev–Trinajstić information content (AvgIpc) is 2.97. The van der Waals surface area contributed by atoms with Crippen LogP contribution in [0.5, 0.6) is 0 Å². The minimum Gasteiger partial charge on any atom is -0.471 e. The standard InChI is InChI=1S/C12H7ClO3S2/c13-9-2-1-8-5-12(17-11(8)6-9)18(14,15)10-3-4-16-7-10/h1-7H. The second-order valence-electron chi connectivity index (χ2n) is 3.71. The van der Waals surface area contributed by atoms with Crippen LogP contribution in [-0.4, -0.2) is 8.42 Å². The van der Waals surface area contributed by atoms with Gasteiger partial charge in [-0.3, -0.25) is 0 Å². The summed E-state index contributed by atoms with van der Waals surface area (Å²) in [6, 6.07) is 8.40. The van der Waals surface area contributed by atoms with Crippen LogP contribution in [0.2, 0.25) is 5.02 Å². The third-order valence-corrected chi connectivity index (χ3v) is 6.07.